The van der Waals surface area contributed by atoms with Gasteiger partial charge >= 0.3 is 0 Å². The number of fused-ring (bicyclic) bond motifs is 2. The quantitative estimate of drug-likeness (QED) is 0.763. The van der Waals surface area contributed by atoms with E-state index in [9.17, 15) is 9.59 Å². The Hall–Kier alpha value is -3.28. The number of carbonyl (C=O) groups excluding carboxylic acids is 2. The van der Waals surface area contributed by atoms with Gasteiger partial charge in [-0.3, -0.25) is 9.59 Å². The average molecular weight is 349 g/mol. The van der Waals surface area contributed by atoms with Crippen molar-refractivity contribution in [1.82, 2.24) is 4.98 Å². The molecule has 1 aliphatic rings. The molecule has 6 nitrogen and oxygen atoms in total. The molecule has 2 heterocycles. The van der Waals surface area contributed by atoms with Crippen molar-refractivity contribution in [3.63, 3.8) is 0 Å². The van der Waals surface area contributed by atoms with Crippen molar-refractivity contribution >= 4 is 34.1 Å². The Balaban J connectivity index is 1.53. The molecule has 2 amide bonds. The molecule has 0 atom stereocenters. The van der Waals surface area contributed by atoms with Gasteiger partial charge in [-0.25, -0.2) is 0 Å². The number of aromatic amines is 1. The van der Waals surface area contributed by atoms with E-state index >= 15 is 0 Å². The van der Waals surface area contributed by atoms with Gasteiger partial charge in [-0.15, -0.1) is 0 Å². The zero-order valence-electron chi connectivity index (χ0n) is 14.4. The number of nitrogens with one attached hydrogen (secondary N) is 2. The lowest BCUT2D eigenvalue weighted by Crippen LogP contribution is -2.25. The number of benzene rings is 2. The number of aromatic nitrogens is 1. The number of nitrogens with zero attached hydrogens (tertiary/aromatic N) is 1. The van der Waals surface area contributed by atoms with Crippen molar-refractivity contribution in [2.75, 3.05) is 23.9 Å². The molecule has 0 saturated heterocycles. The first kappa shape index (κ1) is 16.2. The van der Waals surface area contributed by atoms with Crippen LogP contribution in [0.3, 0.4) is 0 Å². The molecule has 0 fully saturated rings. The number of hydrogen-bond acceptors (Lipinski definition) is 3. The van der Waals surface area contributed by atoms with E-state index in [1.54, 1.807) is 30.1 Å². The number of hydrogen-bond donors (Lipinski definition) is 2. The molecule has 132 valence electrons. The lowest BCUT2D eigenvalue weighted by atomic mass is 10.1. The molecule has 0 unspecified atom stereocenters. The topological polar surface area (TPSA) is 74.4 Å². The maximum absolute atomic E-state index is 12.5. The number of rotatable bonds is 3. The minimum atomic E-state index is -0.113. The molecule has 26 heavy (non-hydrogen) atoms. The van der Waals surface area contributed by atoms with Crippen LogP contribution in [0.4, 0.5) is 11.4 Å². The van der Waals surface area contributed by atoms with Crippen LogP contribution in [0.1, 0.15) is 12.0 Å². The molecule has 0 saturated carbocycles. The highest BCUT2D eigenvalue weighted by Crippen LogP contribution is 2.33. The zero-order valence-corrected chi connectivity index (χ0v) is 14.4. The molecule has 1 aromatic heterocycles. The van der Waals surface area contributed by atoms with Crippen molar-refractivity contribution in [2.24, 2.45) is 0 Å². The summed E-state index contributed by atoms with van der Waals surface area (Å²) in [7, 11) is 1.72. The monoisotopic (exact) mass is 349 g/mol. The van der Waals surface area contributed by atoms with Crippen LogP contribution in [0.15, 0.2) is 48.7 Å². The van der Waals surface area contributed by atoms with Crippen molar-refractivity contribution in [1.29, 1.82) is 0 Å². The zero-order chi connectivity index (χ0) is 18.1. The van der Waals surface area contributed by atoms with Gasteiger partial charge in [0.15, 0.2) is 0 Å². The molecule has 2 N–H and O–H groups in total. The van der Waals surface area contributed by atoms with Crippen molar-refractivity contribution < 1.29 is 14.3 Å². The van der Waals surface area contributed by atoms with Crippen LogP contribution >= 0.6 is 0 Å². The molecule has 0 spiro atoms. The fraction of sp³-hybridized carbons (Fsp3) is 0.200. The standard InChI is InChI=1S/C20H19N3O3/c1-23-17-11-14(6-7-18(17)26-9-8-20(23)25)22-19(24)10-13-12-21-16-5-3-2-4-15(13)16/h2-7,11-12,21H,8-10H2,1H3,(H,22,24). The van der Waals surface area contributed by atoms with Gasteiger partial charge in [-0.1, -0.05) is 18.2 Å². The number of amides is 2. The third kappa shape index (κ3) is 3.01. The normalized spacial score (nSPS) is 13.9. The molecule has 0 radical (unpaired) electrons. The third-order valence-electron chi connectivity index (χ3n) is 4.58. The molecule has 2 aromatic carbocycles. The molecule has 6 heteroatoms. The molecule has 0 aliphatic carbocycles. The Morgan fingerprint density at radius 3 is 3.00 bits per heavy atom. The van der Waals surface area contributed by atoms with Crippen LogP contribution in [0.5, 0.6) is 5.75 Å². The highest BCUT2D eigenvalue weighted by molar-refractivity contribution is 5.98. The number of anilines is 2. The van der Waals surface area contributed by atoms with Crippen LogP contribution in [-0.4, -0.2) is 30.5 Å². The lowest BCUT2D eigenvalue weighted by molar-refractivity contribution is -0.118. The summed E-state index contributed by atoms with van der Waals surface area (Å²) in [6.45, 7) is 0.364. The molecule has 3 aromatic rings. The van der Waals surface area contributed by atoms with E-state index in [0.29, 0.717) is 30.2 Å². The van der Waals surface area contributed by atoms with E-state index in [4.69, 9.17) is 4.74 Å². The predicted molar refractivity (Wildman–Crippen MR) is 101 cm³/mol. The van der Waals surface area contributed by atoms with Gasteiger partial charge in [0.25, 0.3) is 0 Å². The summed E-state index contributed by atoms with van der Waals surface area (Å²) < 4.78 is 5.60. The highest BCUT2D eigenvalue weighted by Gasteiger charge is 2.20. The van der Waals surface area contributed by atoms with Crippen LogP contribution in [0.25, 0.3) is 10.9 Å². The molecule has 0 bridgehead atoms. The Kier molecular flexibility index (Phi) is 4.08. The van der Waals surface area contributed by atoms with Gasteiger partial charge in [0.05, 0.1) is 25.1 Å². The summed E-state index contributed by atoms with van der Waals surface area (Å²) in [5, 5.41) is 3.95. The second kappa shape index (κ2) is 6.55. The minimum absolute atomic E-state index is 0.00832. The third-order valence-corrected chi connectivity index (χ3v) is 4.58. The predicted octanol–water partition coefficient (Wildman–Crippen LogP) is 3.09. The van der Waals surface area contributed by atoms with Crippen LogP contribution in [-0.2, 0) is 16.0 Å². The molecule has 4 rings (SSSR count). The largest absolute Gasteiger partial charge is 0.491 e. The molecular weight excluding hydrogens is 330 g/mol. The van der Waals surface area contributed by atoms with Gasteiger partial charge in [-0.05, 0) is 29.8 Å². The van der Waals surface area contributed by atoms with E-state index in [-0.39, 0.29) is 18.2 Å². The summed E-state index contributed by atoms with van der Waals surface area (Å²) in [5.41, 5.74) is 3.26. The van der Waals surface area contributed by atoms with E-state index in [1.807, 2.05) is 30.5 Å². The van der Waals surface area contributed by atoms with Crippen LogP contribution in [0.2, 0.25) is 0 Å². The van der Waals surface area contributed by atoms with Gasteiger partial charge in [0.1, 0.15) is 5.75 Å². The first-order valence-corrected chi connectivity index (χ1v) is 8.50. The maximum atomic E-state index is 12.5. The van der Waals surface area contributed by atoms with E-state index < -0.39 is 0 Å². The fourth-order valence-corrected chi connectivity index (χ4v) is 3.19. The van der Waals surface area contributed by atoms with Gasteiger partial charge in [-0.2, -0.15) is 0 Å². The van der Waals surface area contributed by atoms with E-state index in [2.05, 4.69) is 10.3 Å². The summed E-state index contributed by atoms with van der Waals surface area (Å²) >= 11 is 0. The Morgan fingerprint density at radius 1 is 1.27 bits per heavy atom. The Labute approximate surface area is 150 Å². The van der Waals surface area contributed by atoms with Crippen molar-refractivity contribution in [2.45, 2.75) is 12.8 Å². The summed E-state index contributed by atoms with van der Waals surface area (Å²) in [6.07, 6.45) is 2.47. The molecular formula is C20H19N3O3. The SMILES string of the molecule is CN1C(=O)CCOc2ccc(NC(=O)Cc3c[nH]c4ccccc34)cc21. The van der Waals surface area contributed by atoms with E-state index in [1.165, 1.54) is 0 Å². The lowest BCUT2D eigenvalue weighted by Gasteiger charge is -2.17. The number of H-pyrrole nitrogens is 1. The van der Waals surface area contributed by atoms with Gasteiger partial charge < -0.3 is 19.9 Å². The number of para-hydroxylation sites is 1. The summed E-state index contributed by atoms with van der Waals surface area (Å²) in [5.74, 6) is 0.525. The number of carbonyl (C=O) groups is 2. The first-order chi connectivity index (χ1) is 12.6. The van der Waals surface area contributed by atoms with Crippen LogP contribution < -0.4 is 15.0 Å². The summed E-state index contributed by atoms with van der Waals surface area (Å²) in [6, 6.07) is 13.2. The van der Waals surface area contributed by atoms with Crippen molar-refractivity contribution in [3.05, 3.63) is 54.2 Å². The highest BCUT2D eigenvalue weighted by atomic mass is 16.5. The van der Waals surface area contributed by atoms with Crippen LogP contribution in [0, 0.1) is 0 Å². The minimum Gasteiger partial charge on any atom is -0.491 e. The van der Waals surface area contributed by atoms with Gasteiger partial charge in [0.2, 0.25) is 11.8 Å². The smallest absolute Gasteiger partial charge is 0.230 e. The second-order valence-electron chi connectivity index (χ2n) is 6.32. The first-order valence-electron chi connectivity index (χ1n) is 8.50. The van der Waals surface area contributed by atoms with Crippen molar-refractivity contribution in [3.8, 4) is 5.75 Å². The van der Waals surface area contributed by atoms with E-state index in [0.717, 1.165) is 16.5 Å². The second-order valence-corrected chi connectivity index (χ2v) is 6.32. The fourth-order valence-electron chi connectivity index (χ4n) is 3.19. The maximum Gasteiger partial charge on any atom is 0.230 e. The van der Waals surface area contributed by atoms with Gasteiger partial charge in [0, 0.05) is 29.8 Å². The Bertz CT molecular complexity index is 993. The molecule has 1 aliphatic heterocycles. The average Bonchev–Trinajstić information content (AvgIpc) is 2.98. The number of ether oxygens (including phenoxy) is 1. The summed E-state index contributed by atoms with van der Waals surface area (Å²) in [4.78, 5) is 29.2. The Morgan fingerprint density at radius 2 is 2.12 bits per heavy atom.